The third-order valence-corrected chi connectivity index (χ3v) is 5.23. The summed E-state index contributed by atoms with van der Waals surface area (Å²) in [5.41, 5.74) is 1.22. The van der Waals surface area contributed by atoms with Gasteiger partial charge in [-0.25, -0.2) is 0 Å². The number of hydrogen-bond donors (Lipinski definition) is 2. The van der Waals surface area contributed by atoms with Crippen LogP contribution in [0.5, 0.6) is 5.75 Å². The fraction of sp³-hybridized carbons (Fsp3) is 0.300. The monoisotopic (exact) mass is 440 g/mol. The molecule has 0 aromatic heterocycles. The van der Waals surface area contributed by atoms with E-state index in [1.165, 1.54) is 6.07 Å². The molecule has 28 heavy (non-hydrogen) atoms. The summed E-state index contributed by atoms with van der Waals surface area (Å²) in [5, 5.41) is 6.32. The minimum atomic E-state index is -0.662. The fourth-order valence-corrected chi connectivity index (χ4v) is 3.44. The second-order valence-corrected chi connectivity index (χ2v) is 7.83. The van der Waals surface area contributed by atoms with Gasteiger partial charge in [-0.15, -0.1) is 0 Å². The van der Waals surface area contributed by atoms with Crippen molar-refractivity contribution in [1.29, 1.82) is 0 Å². The summed E-state index contributed by atoms with van der Waals surface area (Å²) in [6, 6.07) is 11.4. The van der Waals surface area contributed by atoms with Gasteiger partial charge in [0.05, 0.1) is 17.7 Å². The number of carbonyl (C=O) groups is 2. The number of methoxy groups -OCH3 is 1. The summed E-state index contributed by atoms with van der Waals surface area (Å²) < 4.78 is 5.12. The molecule has 0 bridgehead atoms. The van der Waals surface area contributed by atoms with Crippen molar-refractivity contribution < 1.29 is 14.3 Å². The molecule has 1 unspecified atom stereocenters. The average Bonchev–Trinajstić information content (AvgIpc) is 2.69. The molecule has 0 aliphatic heterocycles. The standard InChI is InChI=1S/C20H22Cl2N2O3S/c1-27-15-6-3-13(4-7-15)12-23-20(26)18(9-10-28-2)24-19(25)16-8-5-14(21)11-17(16)22/h3-8,11,18H,9-10,12H2,1-2H3,(H,23,26)(H,24,25). The Hall–Kier alpha value is -1.89. The number of rotatable bonds is 9. The Bertz CT molecular complexity index is 816. The lowest BCUT2D eigenvalue weighted by Crippen LogP contribution is -2.47. The third kappa shape index (κ3) is 6.62. The molecule has 150 valence electrons. The summed E-state index contributed by atoms with van der Waals surface area (Å²) in [4.78, 5) is 25.2. The van der Waals surface area contributed by atoms with Crippen LogP contribution in [-0.2, 0) is 11.3 Å². The van der Waals surface area contributed by atoms with Crippen molar-refractivity contribution in [3.05, 3.63) is 63.6 Å². The number of thioether (sulfide) groups is 1. The van der Waals surface area contributed by atoms with Crippen molar-refractivity contribution in [3.63, 3.8) is 0 Å². The fourth-order valence-electron chi connectivity index (χ4n) is 2.47. The highest BCUT2D eigenvalue weighted by Gasteiger charge is 2.22. The molecule has 2 aromatic carbocycles. The molecule has 8 heteroatoms. The molecule has 2 aromatic rings. The van der Waals surface area contributed by atoms with E-state index in [2.05, 4.69) is 10.6 Å². The highest BCUT2D eigenvalue weighted by atomic mass is 35.5. The molecule has 2 rings (SSSR count). The SMILES string of the molecule is COc1ccc(CNC(=O)C(CCSC)NC(=O)c2ccc(Cl)cc2Cl)cc1. The average molecular weight is 441 g/mol. The maximum absolute atomic E-state index is 12.6. The molecule has 0 saturated carbocycles. The van der Waals surface area contributed by atoms with Crippen LogP contribution in [0.25, 0.3) is 0 Å². The van der Waals surface area contributed by atoms with Crippen molar-refractivity contribution in [3.8, 4) is 5.75 Å². The summed E-state index contributed by atoms with van der Waals surface area (Å²) in [7, 11) is 1.60. The van der Waals surface area contributed by atoms with Gasteiger partial charge in [-0.2, -0.15) is 11.8 Å². The van der Waals surface area contributed by atoms with Gasteiger partial charge in [0, 0.05) is 11.6 Å². The lowest BCUT2D eigenvalue weighted by atomic mass is 10.1. The number of carbonyl (C=O) groups excluding carboxylic acids is 2. The minimum absolute atomic E-state index is 0.243. The molecule has 0 heterocycles. The zero-order chi connectivity index (χ0) is 20.5. The molecule has 0 aliphatic carbocycles. The zero-order valence-corrected chi connectivity index (χ0v) is 18.0. The number of hydrogen-bond acceptors (Lipinski definition) is 4. The van der Waals surface area contributed by atoms with E-state index in [0.29, 0.717) is 18.0 Å². The molecular weight excluding hydrogens is 419 g/mol. The van der Waals surface area contributed by atoms with Crippen molar-refractivity contribution in [1.82, 2.24) is 10.6 Å². The Kier molecular flexibility index (Phi) is 8.96. The van der Waals surface area contributed by atoms with Gasteiger partial charge in [-0.05, 0) is 54.3 Å². The van der Waals surface area contributed by atoms with Crippen LogP contribution in [0.1, 0.15) is 22.3 Å². The van der Waals surface area contributed by atoms with Crippen LogP contribution < -0.4 is 15.4 Å². The van der Waals surface area contributed by atoms with Crippen LogP contribution in [0.2, 0.25) is 10.0 Å². The van der Waals surface area contributed by atoms with Gasteiger partial charge < -0.3 is 15.4 Å². The molecule has 2 amide bonds. The Morgan fingerprint density at radius 2 is 1.86 bits per heavy atom. The Morgan fingerprint density at radius 1 is 1.14 bits per heavy atom. The van der Waals surface area contributed by atoms with Crippen LogP contribution >= 0.6 is 35.0 Å². The normalized spacial score (nSPS) is 11.6. The zero-order valence-electron chi connectivity index (χ0n) is 15.6. The first-order valence-electron chi connectivity index (χ1n) is 8.60. The summed E-state index contributed by atoms with van der Waals surface area (Å²) in [6.45, 7) is 0.357. The molecule has 0 fully saturated rings. The van der Waals surface area contributed by atoms with E-state index in [9.17, 15) is 9.59 Å². The lowest BCUT2D eigenvalue weighted by molar-refractivity contribution is -0.123. The van der Waals surface area contributed by atoms with Crippen molar-refractivity contribution in [2.24, 2.45) is 0 Å². The third-order valence-electron chi connectivity index (χ3n) is 4.03. The van der Waals surface area contributed by atoms with Gasteiger partial charge in [0.15, 0.2) is 0 Å². The first-order valence-corrected chi connectivity index (χ1v) is 10.7. The van der Waals surface area contributed by atoms with E-state index >= 15 is 0 Å². The lowest BCUT2D eigenvalue weighted by Gasteiger charge is -2.19. The first kappa shape index (κ1) is 22.4. The van der Waals surface area contributed by atoms with Gasteiger partial charge in [0.25, 0.3) is 5.91 Å². The molecule has 1 atom stereocenters. The second-order valence-electron chi connectivity index (χ2n) is 6.00. The second kappa shape index (κ2) is 11.2. The van der Waals surface area contributed by atoms with E-state index in [4.69, 9.17) is 27.9 Å². The van der Waals surface area contributed by atoms with Gasteiger partial charge in [0.2, 0.25) is 5.91 Å². The summed E-state index contributed by atoms with van der Waals surface area (Å²) in [6.07, 6.45) is 2.46. The Labute approximate surface area is 179 Å². The van der Waals surface area contributed by atoms with Crippen LogP contribution in [0.15, 0.2) is 42.5 Å². The van der Waals surface area contributed by atoms with Gasteiger partial charge in [0.1, 0.15) is 11.8 Å². The largest absolute Gasteiger partial charge is 0.497 e. The van der Waals surface area contributed by atoms with Gasteiger partial charge in [-0.1, -0.05) is 35.3 Å². The molecule has 5 nitrogen and oxygen atoms in total. The minimum Gasteiger partial charge on any atom is -0.497 e. The quantitative estimate of drug-likeness (QED) is 0.613. The molecule has 2 N–H and O–H groups in total. The van der Waals surface area contributed by atoms with Crippen molar-refractivity contribution in [2.45, 2.75) is 19.0 Å². The van der Waals surface area contributed by atoms with Gasteiger partial charge in [-0.3, -0.25) is 9.59 Å². The van der Waals surface area contributed by atoms with Gasteiger partial charge >= 0.3 is 0 Å². The number of nitrogens with one attached hydrogen (secondary N) is 2. The van der Waals surface area contributed by atoms with E-state index in [1.807, 2.05) is 30.5 Å². The highest BCUT2D eigenvalue weighted by molar-refractivity contribution is 7.98. The van der Waals surface area contributed by atoms with Crippen molar-refractivity contribution in [2.75, 3.05) is 19.1 Å². The predicted octanol–water partition coefficient (Wildman–Crippen LogP) is 4.17. The molecule has 0 spiro atoms. The maximum atomic E-state index is 12.6. The van der Waals surface area contributed by atoms with Crippen LogP contribution in [0, 0.1) is 0 Å². The van der Waals surface area contributed by atoms with E-state index < -0.39 is 11.9 Å². The Balaban J connectivity index is 2.02. The van der Waals surface area contributed by atoms with Crippen LogP contribution in [-0.4, -0.2) is 37.0 Å². The van der Waals surface area contributed by atoms with Crippen LogP contribution in [0.3, 0.4) is 0 Å². The summed E-state index contributed by atoms with van der Waals surface area (Å²) >= 11 is 13.6. The number of ether oxygens (including phenoxy) is 1. The summed E-state index contributed by atoms with van der Waals surface area (Å²) in [5.74, 6) is 0.825. The molecular formula is C20H22Cl2N2O3S. The highest BCUT2D eigenvalue weighted by Crippen LogP contribution is 2.21. The molecule has 0 radical (unpaired) electrons. The number of amides is 2. The number of halogens is 2. The van der Waals surface area contributed by atoms with Crippen molar-refractivity contribution >= 4 is 46.8 Å². The van der Waals surface area contributed by atoms with E-state index in [0.717, 1.165) is 17.1 Å². The van der Waals surface area contributed by atoms with E-state index in [-0.39, 0.29) is 16.5 Å². The first-order chi connectivity index (χ1) is 13.4. The Morgan fingerprint density at radius 3 is 2.46 bits per heavy atom. The smallest absolute Gasteiger partial charge is 0.253 e. The number of benzene rings is 2. The predicted molar refractivity (Wildman–Crippen MR) is 116 cm³/mol. The molecule has 0 saturated heterocycles. The molecule has 0 aliphatic rings. The van der Waals surface area contributed by atoms with E-state index in [1.54, 1.807) is 31.0 Å². The topological polar surface area (TPSA) is 67.4 Å². The van der Waals surface area contributed by atoms with Crippen LogP contribution in [0.4, 0.5) is 0 Å². The maximum Gasteiger partial charge on any atom is 0.253 e.